The first-order valence-corrected chi connectivity index (χ1v) is 11.1. The second-order valence-corrected chi connectivity index (χ2v) is 7.40. The molecule has 0 heterocycles. The second kappa shape index (κ2) is 17.3. The minimum absolute atomic E-state index is 0.155. The van der Waals surface area contributed by atoms with E-state index in [9.17, 15) is 9.59 Å². The summed E-state index contributed by atoms with van der Waals surface area (Å²) < 4.78 is 10.5. The van der Waals surface area contributed by atoms with E-state index in [0.717, 1.165) is 18.4 Å². The molecule has 0 fully saturated rings. The van der Waals surface area contributed by atoms with Crippen molar-refractivity contribution in [2.24, 2.45) is 0 Å². The van der Waals surface area contributed by atoms with E-state index in [2.05, 4.69) is 6.92 Å². The fourth-order valence-electron chi connectivity index (χ4n) is 3.02. The molecule has 0 aromatic heterocycles. The first kappa shape index (κ1) is 24.2. The number of unbranched alkanes of at least 4 members (excludes halogenated alkanes) is 9. The molecule has 0 unspecified atom stereocenters. The molecular weight excluding hydrogens is 352 g/mol. The molecule has 28 heavy (non-hydrogen) atoms. The molecule has 0 amide bonds. The number of benzene rings is 1. The maximum atomic E-state index is 11.7. The molecule has 4 nitrogen and oxygen atoms in total. The lowest BCUT2D eigenvalue weighted by atomic mass is 10.1. The Morgan fingerprint density at radius 3 is 1.82 bits per heavy atom. The van der Waals surface area contributed by atoms with Crippen molar-refractivity contribution >= 4 is 11.9 Å². The minimum Gasteiger partial charge on any atom is -0.466 e. The van der Waals surface area contributed by atoms with Gasteiger partial charge in [0.1, 0.15) is 6.61 Å². The Morgan fingerprint density at radius 1 is 0.679 bits per heavy atom. The molecule has 0 N–H and O–H groups in total. The van der Waals surface area contributed by atoms with E-state index in [4.69, 9.17) is 9.47 Å². The third-order valence-corrected chi connectivity index (χ3v) is 4.77. The van der Waals surface area contributed by atoms with Crippen molar-refractivity contribution in [3.8, 4) is 0 Å². The van der Waals surface area contributed by atoms with Crippen LogP contribution >= 0.6 is 0 Å². The second-order valence-electron chi connectivity index (χ2n) is 7.40. The molecule has 4 heteroatoms. The fourth-order valence-corrected chi connectivity index (χ4v) is 3.02. The van der Waals surface area contributed by atoms with Crippen LogP contribution in [0.2, 0.25) is 0 Å². The highest BCUT2D eigenvalue weighted by Gasteiger charge is 2.06. The highest BCUT2D eigenvalue weighted by molar-refractivity contribution is 5.70. The molecule has 0 aliphatic rings. The van der Waals surface area contributed by atoms with E-state index in [-0.39, 0.29) is 11.9 Å². The van der Waals surface area contributed by atoms with Gasteiger partial charge in [-0.15, -0.1) is 0 Å². The molecule has 0 aliphatic carbocycles. The maximum Gasteiger partial charge on any atom is 0.306 e. The van der Waals surface area contributed by atoms with Gasteiger partial charge in [0, 0.05) is 12.8 Å². The lowest BCUT2D eigenvalue weighted by Crippen LogP contribution is -2.07. The average Bonchev–Trinajstić information content (AvgIpc) is 2.72. The summed E-state index contributed by atoms with van der Waals surface area (Å²) in [5, 5.41) is 0. The maximum absolute atomic E-state index is 11.7. The van der Waals surface area contributed by atoms with E-state index in [1.165, 1.54) is 44.9 Å². The van der Waals surface area contributed by atoms with Crippen LogP contribution < -0.4 is 0 Å². The zero-order valence-electron chi connectivity index (χ0n) is 17.6. The van der Waals surface area contributed by atoms with E-state index < -0.39 is 0 Å². The zero-order valence-corrected chi connectivity index (χ0v) is 17.6. The summed E-state index contributed by atoms with van der Waals surface area (Å²) in [5.74, 6) is -0.371. The highest BCUT2D eigenvalue weighted by atomic mass is 16.5. The molecule has 1 rings (SSSR count). The van der Waals surface area contributed by atoms with E-state index in [1.54, 1.807) is 0 Å². The Kier molecular flexibility index (Phi) is 14.9. The summed E-state index contributed by atoms with van der Waals surface area (Å²) in [5.41, 5.74) is 0.982. The zero-order chi connectivity index (χ0) is 20.3. The highest BCUT2D eigenvalue weighted by Crippen LogP contribution is 2.10. The molecule has 1 aromatic carbocycles. The van der Waals surface area contributed by atoms with Gasteiger partial charge in [-0.25, -0.2) is 0 Å². The van der Waals surface area contributed by atoms with Crippen LogP contribution in [-0.4, -0.2) is 18.5 Å². The monoisotopic (exact) mass is 390 g/mol. The van der Waals surface area contributed by atoms with Crippen molar-refractivity contribution in [3.05, 3.63) is 35.9 Å². The topological polar surface area (TPSA) is 52.6 Å². The first-order chi connectivity index (χ1) is 13.7. The molecule has 0 radical (unpaired) electrons. The van der Waals surface area contributed by atoms with E-state index in [1.807, 2.05) is 30.3 Å². The summed E-state index contributed by atoms with van der Waals surface area (Å²) in [7, 11) is 0. The summed E-state index contributed by atoms with van der Waals surface area (Å²) >= 11 is 0. The minimum atomic E-state index is -0.216. The van der Waals surface area contributed by atoms with Gasteiger partial charge in [-0.3, -0.25) is 9.59 Å². The van der Waals surface area contributed by atoms with Gasteiger partial charge in [0.2, 0.25) is 0 Å². The van der Waals surface area contributed by atoms with Crippen LogP contribution in [0.4, 0.5) is 0 Å². The summed E-state index contributed by atoms with van der Waals surface area (Å²) in [6.45, 7) is 3.07. The Balaban J connectivity index is 1.86. The van der Waals surface area contributed by atoms with Gasteiger partial charge in [0.05, 0.1) is 6.61 Å². The third-order valence-electron chi connectivity index (χ3n) is 4.77. The largest absolute Gasteiger partial charge is 0.466 e. The van der Waals surface area contributed by atoms with Crippen molar-refractivity contribution in [2.75, 3.05) is 6.61 Å². The van der Waals surface area contributed by atoms with Crippen molar-refractivity contribution < 1.29 is 19.1 Å². The molecule has 0 aliphatic heterocycles. The van der Waals surface area contributed by atoms with Crippen molar-refractivity contribution in [3.63, 3.8) is 0 Å². The van der Waals surface area contributed by atoms with E-state index >= 15 is 0 Å². The molecule has 1 aromatic rings. The van der Waals surface area contributed by atoms with Gasteiger partial charge >= 0.3 is 11.9 Å². The van der Waals surface area contributed by atoms with Crippen LogP contribution in [0, 0.1) is 0 Å². The number of carbonyl (C=O) groups is 2. The predicted octanol–water partition coefficient (Wildman–Crippen LogP) is 6.36. The Hall–Kier alpha value is -1.84. The van der Waals surface area contributed by atoms with Gasteiger partial charge in [-0.1, -0.05) is 88.6 Å². The molecule has 0 bridgehead atoms. The normalized spacial score (nSPS) is 10.6. The first-order valence-electron chi connectivity index (χ1n) is 11.1. The summed E-state index contributed by atoms with van der Waals surface area (Å²) in [6.07, 6.45) is 13.3. The summed E-state index contributed by atoms with van der Waals surface area (Å²) in [6, 6.07) is 9.63. The molecule has 158 valence electrons. The SMILES string of the molecule is CCCCCCCCCCCOC(=O)CCCCC(=O)OCc1ccccc1. The molecule has 0 atom stereocenters. The molecule has 0 saturated heterocycles. The van der Waals surface area contributed by atoms with Crippen LogP contribution in [0.1, 0.15) is 96.0 Å². The number of esters is 2. The molecule has 0 spiro atoms. The van der Waals surface area contributed by atoms with Crippen LogP contribution in [0.25, 0.3) is 0 Å². The lowest BCUT2D eigenvalue weighted by Gasteiger charge is -2.06. The average molecular weight is 391 g/mol. The quantitative estimate of drug-likeness (QED) is 0.229. The van der Waals surface area contributed by atoms with Crippen LogP contribution in [-0.2, 0) is 25.7 Å². The predicted molar refractivity (Wildman–Crippen MR) is 113 cm³/mol. The van der Waals surface area contributed by atoms with Crippen LogP contribution in [0.3, 0.4) is 0 Å². The number of carbonyl (C=O) groups excluding carboxylic acids is 2. The third kappa shape index (κ3) is 14.2. The smallest absolute Gasteiger partial charge is 0.306 e. The number of rotatable bonds is 17. The van der Waals surface area contributed by atoms with Crippen LogP contribution in [0.15, 0.2) is 30.3 Å². The van der Waals surface area contributed by atoms with Gasteiger partial charge in [-0.2, -0.15) is 0 Å². The van der Waals surface area contributed by atoms with Crippen LogP contribution in [0.5, 0.6) is 0 Å². The number of hydrogen-bond donors (Lipinski definition) is 0. The van der Waals surface area contributed by atoms with Gasteiger partial charge in [0.15, 0.2) is 0 Å². The van der Waals surface area contributed by atoms with Crippen molar-refractivity contribution in [2.45, 2.75) is 97.0 Å². The Bertz CT molecular complexity index is 513. The van der Waals surface area contributed by atoms with Crippen molar-refractivity contribution in [1.29, 1.82) is 0 Å². The number of ether oxygens (including phenoxy) is 2. The standard InChI is InChI=1S/C24H38O4/c1-2-3-4-5-6-7-8-9-15-20-27-23(25)18-13-14-19-24(26)28-21-22-16-11-10-12-17-22/h10-12,16-17H,2-9,13-15,18-21H2,1H3. The number of hydrogen-bond acceptors (Lipinski definition) is 4. The molecule has 0 saturated carbocycles. The van der Waals surface area contributed by atoms with E-state index in [0.29, 0.717) is 38.9 Å². The van der Waals surface area contributed by atoms with Crippen molar-refractivity contribution in [1.82, 2.24) is 0 Å². The Morgan fingerprint density at radius 2 is 1.21 bits per heavy atom. The van der Waals surface area contributed by atoms with Gasteiger partial charge in [-0.05, 0) is 24.8 Å². The van der Waals surface area contributed by atoms with Gasteiger partial charge in [0.25, 0.3) is 0 Å². The fraction of sp³-hybridized carbons (Fsp3) is 0.667. The van der Waals surface area contributed by atoms with Gasteiger partial charge < -0.3 is 9.47 Å². The summed E-state index contributed by atoms with van der Waals surface area (Å²) in [4.78, 5) is 23.4. The lowest BCUT2D eigenvalue weighted by molar-refractivity contribution is -0.146. The molecular formula is C24H38O4. The Labute approximate surface area is 171 Å².